The first kappa shape index (κ1) is 22.3. The monoisotopic (exact) mass is 442 g/mol. The summed E-state index contributed by atoms with van der Waals surface area (Å²) in [4.78, 5) is 14.2. The van der Waals surface area contributed by atoms with Gasteiger partial charge in [0.25, 0.3) is 15.9 Å². The van der Waals surface area contributed by atoms with Gasteiger partial charge in [0.1, 0.15) is 11.6 Å². The van der Waals surface area contributed by atoms with Gasteiger partial charge in [-0.15, -0.1) is 0 Å². The van der Waals surface area contributed by atoms with E-state index in [4.69, 9.17) is 4.74 Å². The maximum Gasteiger partial charge on any atom is 0.261 e. The summed E-state index contributed by atoms with van der Waals surface area (Å²) in [6.07, 6.45) is 0. The van der Waals surface area contributed by atoms with Gasteiger partial charge < -0.3 is 9.64 Å². The van der Waals surface area contributed by atoms with Crippen molar-refractivity contribution in [1.29, 1.82) is 0 Å². The fraction of sp³-hybridized carbons (Fsp3) is 0.174. The molecule has 1 N–H and O–H groups in total. The summed E-state index contributed by atoms with van der Waals surface area (Å²) in [5, 5.41) is 0. The lowest BCUT2D eigenvalue weighted by Crippen LogP contribution is -2.26. The van der Waals surface area contributed by atoms with E-state index in [1.807, 2.05) is 6.92 Å². The molecule has 0 saturated carbocycles. The van der Waals surface area contributed by atoms with Crippen LogP contribution in [0.2, 0.25) is 0 Å². The van der Waals surface area contributed by atoms with E-state index in [9.17, 15) is 17.6 Å². The van der Waals surface area contributed by atoms with Gasteiger partial charge in [-0.1, -0.05) is 12.1 Å². The molecule has 0 spiro atoms. The van der Waals surface area contributed by atoms with E-state index in [1.54, 1.807) is 43.4 Å². The maximum absolute atomic E-state index is 13.3. The maximum atomic E-state index is 13.3. The van der Waals surface area contributed by atoms with E-state index in [0.717, 1.165) is 0 Å². The van der Waals surface area contributed by atoms with Crippen LogP contribution in [0.1, 0.15) is 22.8 Å². The lowest BCUT2D eigenvalue weighted by molar-refractivity contribution is 0.0785. The highest BCUT2D eigenvalue weighted by Crippen LogP contribution is 2.20. The average Bonchev–Trinajstić information content (AvgIpc) is 2.74. The average molecular weight is 443 g/mol. The third kappa shape index (κ3) is 5.82. The first-order valence-corrected chi connectivity index (χ1v) is 11.1. The number of sulfonamides is 1. The molecule has 3 rings (SSSR count). The first-order chi connectivity index (χ1) is 14.8. The molecule has 1 amide bonds. The van der Waals surface area contributed by atoms with Gasteiger partial charge >= 0.3 is 0 Å². The fourth-order valence-electron chi connectivity index (χ4n) is 2.98. The number of ether oxygens (including phenoxy) is 1. The largest absolute Gasteiger partial charge is 0.494 e. The highest BCUT2D eigenvalue weighted by Gasteiger charge is 2.16. The van der Waals surface area contributed by atoms with Gasteiger partial charge in [-0.05, 0) is 73.2 Å². The molecule has 0 unspecified atom stereocenters. The Morgan fingerprint density at radius 2 is 1.71 bits per heavy atom. The van der Waals surface area contributed by atoms with E-state index in [0.29, 0.717) is 29.2 Å². The van der Waals surface area contributed by atoms with Gasteiger partial charge in [0.15, 0.2) is 0 Å². The number of amides is 1. The van der Waals surface area contributed by atoms with Gasteiger partial charge in [0.2, 0.25) is 0 Å². The zero-order chi connectivity index (χ0) is 22.4. The second-order valence-electron chi connectivity index (χ2n) is 6.88. The smallest absolute Gasteiger partial charge is 0.261 e. The summed E-state index contributed by atoms with van der Waals surface area (Å²) in [6, 6.07) is 18.3. The molecule has 0 aliphatic rings. The van der Waals surface area contributed by atoms with E-state index >= 15 is 0 Å². The quantitative estimate of drug-likeness (QED) is 0.565. The minimum atomic E-state index is -3.78. The van der Waals surface area contributed by atoms with Crippen LogP contribution >= 0.6 is 0 Å². The van der Waals surface area contributed by atoms with Crippen LogP contribution in [0.5, 0.6) is 5.75 Å². The number of anilines is 1. The molecule has 0 aromatic heterocycles. The summed E-state index contributed by atoms with van der Waals surface area (Å²) in [6.45, 7) is 2.59. The molecule has 6 nitrogen and oxygen atoms in total. The molecule has 0 atom stereocenters. The number of rotatable bonds is 8. The van der Waals surface area contributed by atoms with E-state index in [2.05, 4.69) is 4.72 Å². The Labute approximate surface area is 181 Å². The van der Waals surface area contributed by atoms with Crippen molar-refractivity contribution >= 4 is 21.6 Å². The van der Waals surface area contributed by atoms with Crippen LogP contribution in [-0.2, 0) is 16.6 Å². The Bertz CT molecular complexity index is 1150. The molecule has 3 aromatic carbocycles. The second kappa shape index (κ2) is 9.61. The van der Waals surface area contributed by atoms with Crippen LogP contribution in [0, 0.1) is 5.82 Å². The van der Waals surface area contributed by atoms with Crippen molar-refractivity contribution in [2.45, 2.75) is 18.4 Å². The van der Waals surface area contributed by atoms with Crippen LogP contribution in [0.25, 0.3) is 0 Å². The molecule has 31 heavy (non-hydrogen) atoms. The van der Waals surface area contributed by atoms with Crippen LogP contribution in [0.4, 0.5) is 10.1 Å². The SMILES string of the molecule is CCOc1ccc(S(=O)(=O)Nc2ccc(C(=O)N(C)Cc3cccc(F)c3)cc2)cc1. The summed E-state index contributed by atoms with van der Waals surface area (Å²) in [7, 11) is -2.15. The highest BCUT2D eigenvalue weighted by atomic mass is 32.2. The zero-order valence-corrected chi connectivity index (χ0v) is 18.0. The summed E-state index contributed by atoms with van der Waals surface area (Å²) < 4.78 is 46.3. The Morgan fingerprint density at radius 1 is 1.03 bits per heavy atom. The molecule has 0 aliphatic carbocycles. The predicted molar refractivity (Wildman–Crippen MR) is 117 cm³/mol. The number of carbonyl (C=O) groups excluding carboxylic acids is 1. The highest BCUT2D eigenvalue weighted by molar-refractivity contribution is 7.92. The van der Waals surface area contributed by atoms with Crippen LogP contribution < -0.4 is 9.46 Å². The third-order valence-corrected chi connectivity index (χ3v) is 5.88. The number of nitrogens with one attached hydrogen (secondary N) is 1. The standard InChI is InChI=1S/C23H23FN2O4S/c1-3-30-21-11-13-22(14-12-21)31(28,29)25-20-9-7-18(8-10-20)23(27)26(2)16-17-5-4-6-19(24)15-17/h4-15,25H,3,16H2,1-2H3. The first-order valence-electron chi connectivity index (χ1n) is 9.64. The number of halogens is 1. The second-order valence-corrected chi connectivity index (χ2v) is 8.56. The van der Waals surface area contributed by atoms with Crippen molar-refractivity contribution in [2.24, 2.45) is 0 Å². The van der Waals surface area contributed by atoms with Crippen molar-refractivity contribution in [3.05, 3.63) is 89.7 Å². The fourth-order valence-corrected chi connectivity index (χ4v) is 4.04. The topological polar surface area (TPSA) is 75.7 Å². The Hall–Kier alpha value is -3.39. The molecule has 0 radical (unpaired) electrons. The summed E-state index contributed by atoms with van der Waals surface area (Å²) >= 11 is 0. The normalized spacial score (nSPS) is 11.1. The number of hydrogen-bond donors (Lipinski definition) is 1. The third-order valence-electron chi connectivity index (χ3n) is 4.48. The molecule has 0 fully saturated rings. The number of benzene rings is 3. The molecule has 0 bridgehead atoms. The van der Waals surface area contributed by atoms with Gasteiger partial charge in [0, 0.05) is 24.8 Å². The summed E-state index contributed by atoms with van der Waals surface area (Å²) in [5.41, 5.74) is 1.40. The minimum Gasteiger partial charge on any atom is -0.494 e. The Kier molecular flexibility index (Phi) is 6.91. The van der Waals surface area contributed by atoms with E-state index in [-0.39, 0.29) is 23.2 Å². The molecular weight excluding hydrogens is 419 g/mol. The van der Waals surface area contributed by atoms with Gasteiger partial charge in [0.05, 0.1) is 11.5 Å². The van der Waals surface area contributed by atoms with Crippen molar-refractivity contribution in [3.63, 3.8) is 0 Å². The van der Waals surface area contributed by atoms with Gasteiger partial charge in [-0.3, -0.25) is 9.52 Å². The number of carbonyl (C=O) groups is 1. The lowest BCUT2D eigenvalue weighted by atomic mass is 10.1. The number of nitrogens with zero attached hydrogens (tertiary/aromatic N) is 1. The molecule has 0 saturated heterocycles. The molecule has 8 heteroatoms. The summed E-state index contributed by atoms with van der Waals surface area (Å²) in [5.74, 6) is -0.0284. The van der Waals surface area contributed by atoms with Crippen molar-refractivity contribution in [3.8, 4) is 5.75 Å². The molecule has 3 aromatic rings. The van der Waals surface area contributed by atoms with Crippen molar-refractivity contribution in [2.75, 3.05) is 18.4 Å². The molecule has 0 aliphatic heterocycles. The van der Waals surface area contributed by atoms with E-state index in [1.165, 1.54) is 41.3 Å². The lowest BCUT2D eigenvalue weighted by Gasteiger charge is -2.18. The van der Waals surface area contributed by atoms with Crippen molar-refractivity contribution < 1.29 is 22.3 Å². The van der Waals surface area contributed by atoms with Crippen molar-refractivity contribution in [1.82, 2.24) is 4.90 Å². The van der Waals surface area contributed by atoms with Crippen LogP contribution in [0.3, 0.4) is 0 Å². The van der Waals surface area contributed by atoms with Crippen LogP contribution in [0.15, 0.2) is 77.7 Å². The van der Waals surface area contributed by atoms with Crippen LogP contribution in [-0.4, -0.2) is 32.9 Å². The predicted octanol–water partition coefficient (Wildman–Crippen LogP) is 4.30. The zero-order valence-electron chi connectivity index (χ0n) is 17.2. The molecule has 162 valence electrons. The molecule has 0 heterocycles. The Balaban J connectivity index is 1.66. The Morgan fingerprint density at radius 3 is 2.32 bits per heavy atom. The molecular formula is C23H23FN2O4S. The van der Waals surface area contributed by atoms with Gasteiger partial charge in [-0.2, -0.15) is 0 Å². The van der Waals surface area contributed by atoms with E-state index < -0.39 is 10.0 Å². The van der Waals surface area contributed by atoms with Gasteiger partial charge in [-0.25, -0.2) is 12.8 Å². The minimum absolute atomic E-state index is 0.103. The number of hydrogen-bond acceptors (Lipinski definition) is 4.